The molecule has 2 amide bonds. The molecule has 2 aromatic heterocycles. The van der Waals surface area contributed by atoms with Crippen molar-refractivity contribution in [1.29, 1.82) is 0 Å². The number of likely N-dealkylation sites (tertiary alicyclic amines) is 1. The molecular weight excluding hydrogens is 408 g/mol. The van der Waals surface area contributed by atoms with Crippen LogP contribution in [0.15, 0.2) is 30.7 Å². The first kappa shape index (κ1) is 20.3. The molecule has 1 saturated carbocycles. The SMILES string of the molecule is NC(=O)c1ccc(-c2cnc3c(NCCCN4CCCC4=O)nccn23)c(C2CC2)c1O. The summed E-state index contributed by atoms with van der Waals surface area (Å²) in [5.41, 5.74) is 8.67. The first-order chi connectivity index (χ1) is 15.5. The number of anilines is 1. The molecule has 9 nitrogen and oxygen atoms in total. The topological polar surface area (TPSA) is 126 Å². The molecule has 1 aromatic carbocycles. The summed E-state index contributed by atoms with van der Waals surface area (Å²) in [4.78, 5) is 34.4. The summed E-state index contributed by atoms with van der Waals surface area (Å²) in [6.07, 6.45) is 9.67. The van der Waals surface area contributed by atoms with Crippen molar-refractivity contribution in [3.8, 4) is 17.0 Å². The average Bonchev–Trinajstić information content (AvgIpc) is 3.38. The highest BCUT2D eigenvalue weighted by Crippen LogP contribution is 2.49. The number of amides is 2. The number of nitrogens with one attached hydrogen (secondary N) is 1. The fourth-order valence-electron chi connectivity index (χ4n) is 4.48. The lowest BCUT2D eigenvalue weighted by Crippen LogP contribution is -2.27. The highest BCUT2D eigenvalue weighted by atomic mass is 16.3. The first-order valence-corrected chi connectivity index (χ1v) is 11.0. The predicted octanol–water partition coefficient (Wildman–Crippen LogP) is 2.50. The molecule has 1 saturated heterocycles. The Kier molecular flexibility index (Phi) is 5.16. The number of nitrogens with two attached hydrogens (primary N) is 1. The molecule has 0 bridgehead atoms. The number of imidazole rings is 1. The molecule has 3 aromatic rings. The Hall–Kier alpha value is -3.62. The van der Waals surface area contributed by atoms with E-state index >= 15 is 0 Å². The Labute approximate surface area is 185 Å². The number of benzene rings is 1. The van der Waals surface area contributed by atoms with Gasteiger partial charge in [0, 0.05) is 49.6 Å². The third-order valence-electron chi connectivity index (χ3n) is 6.24. The lowest BCUT2D eigenvalue weighted by Gasteiger charge is -2.15. The van der Waals surface area contributed by atoms with Gasteiger partial charge in [-0.15, -0.1) is 0 Å². The van der Waals surface area contributed by atoms with Crippen molar-refractivity contribution >= 4 is 23.3 Å². The van der Waals surface area contributed by atoms with Crippen LogP contribution in [0.2, 0.25) is 0 Å². The summed E-state index contributed by atoms with van der Waals surface area (Å²) in [5.74, 6) is 0.442. The van der Waals surface area contributed by atoms with Gasteiger partial charge in [-0.1, -0.05) is 6.07 Å². The molecule has 5 rings (SSSR count). The van der Waals surface area contributed by atoms with Gasteiger partial charge in [-0.25, -0.2) is 9.97 Å². The summed E-state index contributed by atoms with van der Waals surface area (Å²) in [6.45, 7) is 2.27. The second-order valence-electron chi connectivity index (χ2n) is 8.44. The van der Waals surface area contributed by atoms with E-state index in [1.165, 1.54) is 0 Å². The third kappa shape index (κ3) is 3.63. The largest absolute Gasteiger partial charge is 0.507 e. The van der Waals surface area contributed by atoms with Gasteiger partial charge in [0.25, 0.3) is 5.91 Å². The molecule has 166 valence electrons. The van der Waals surface area contributed by atoms with Gasteiger partial charge in [0.1, 0.15) is 5.75 Å². The number of fused-ring (bicyclic) bond motifs is 1. The molecule has 0 radical (unpaired) electrons. The van der Waals surface area contributed by atoms with Crippen LogP contribution in [0.3, 0.4) is 0 Å². The van der Waals surface area contributed by atoms with Crippen molar-refractivity contribution in [2.24, 2.45) is 5.73 Å². The van der Waals surface area contributed by atoms with Crippen LogP contribution in [-0.4, -0.2) is 55.8 Å². The van der Waals surface area contributed by atoms with Crippen LogP contribution in [-0.2, 0) is 4.79 Å². The maximum Gasteiger partial charge on any atom is 0.252 e. The van der Waals surface area contributed by atoms with Crippen molar-refractivity contribution in [1.82, 2.24) is 19.3 Å². The van der Waals surface area contributed by atoms with Gasteiger partial charge in [-0.3, -0.25) is 14.0 Å². The monoisotopic (exact) mass is 434 g/mol. The van der Waals surface area contributed by atoms with Crippen LogP contribution in [0.5, 0.6) is 5.75 Å². The van der Waals surface area contributed by atoms with Crippen LogP contribution in [0.25, 0.3) is 16.9 Å². The van der Waals surface area contributed by atoms with E-state index < -0.39 is 5.91 Å². The Morgan fingerprint density at radius 2 is 2.12 bits per heavy atom. The Morgan fingerprint density at radius 1 is 1.28 bits per heavy atom. The molecule has 0 unspecified atom stereocenters. The van der Waals surface area contributed by atoms with E-state index in [9.17, 15) is 14.7 Å². The minimum absolute atomic E-state index is 0.0312. The molecule has 9 heteroatoms. The molecular formula is C23H26N6O3. The van der Waals surface area contributed by atoms with E-state index in [0.717, 1.165) is 55.6 Å². The number of hydrogen-bond acceptors (Lipinski definition) is 6. The van der Waals surface area contributed by atoms with E-state index in [0.29, 0.717) is 24.4 Å². The fourth-order valence-corrected chi connectivity index (χ4v) is 4.48. The van der Waals surface area contributed by atoms with E-state index in [4.69, 9.17) is 5.73 Å². The van der Waals surface area contributed by atoms with Gasteiger partial charge >= 0.3 is 0 Å². The lowest BCUT2D eigenvalue weighted by atomic mass is 9.96. The van der Waals surface area contributed by atoms with E-state index in [-0.39, 0.29) is 23.1 Å². The van der Waals surface area contributed by atoms with Crippen molar-refractivity contribution in [3.63, 3.8) is 0 Å². The zero-order valence-corrected chi connectivity index (χ0v) is 17.8. The van der Waals surface area contributed by atoms with Crippen molar-refractivity contribution in [3.05, 3.63) is 41.9 Å². The standard InChI is InChI=1S/C23H26N6O3/c24-21(32)16-7-6-15(19(20(16)31)14-4-5-14)17-13-27-23-22(26-9-12-29(17)23)25-8-2-11-28-10-1-3-18(28)30/h6-7,9,12-14,31H,1-5,8,10-11H2,(H2,24,32)(H,25,26). The lowest BCUT2D eigenvalue weighted by molar-refractivity contribution is -0.127. The van der Waals surface area contributed by atoms with Crippen LogP contribution in [0.1, 0.15) is 53.9 Å². The summed E-state index contributed by atoms with van der Waals surface area (Å²) >= 11 is 0. The van der Waals surface area contributed by atoms with Gasteiger partial charge in [0.2, 0.25) is 5.91 Å². The second kappa shape index (κ2) is 8.14. The Balaban J connectivity index is 1.40. The summed E-state index contributed by atoms with van der Waals surface area (Å²) in [5, 5.41) is 14.1. The molecule has 4 N–H and O–H groups in total. The molecule has 3 heterocycles. The number of rotatable bonds is 8. The minimum Gasteiger partial charge on any atom is -0.507 e. The van der Waals surface area contributed by atoms with E-state index in [2.05, 4.69) is 15.3 Å². The summed E-state index contributed by atoms with van der Waals surface area (Å²) < 4.78 is 1.93. The zero-order valence-electron chi connectivity index (χ0n) is 17.8. The molecule has 0 spiro atoms. The number of nitrogens with zero attached hydrogens (tertiary/aromatic N) is 4. The average molecular weight is 435 g/mol. The molecule has 2 aliphatic rings. The number of carbonyl (C=O) groups excluding carboxylic acids is 2. The smallest absolute Gasteiger partial charge is 0.252 e. The fraction of sp³-hybridized carbons (Fsp3) is 0.391. The third-order valence-corrected chi connectivity index (χ3v) is 6.24. The van der Waals surface area contributed by atoms with Gasteiger partial charge in [-0.05, 0) is 37.7 Å². The Morgan fingerprint density at radius 3 is 2.84 bits per heavy atom. The summed E-state index contributed by atoms with van der Waals surface area (Å²) in [6, 6.07) is 3.40. The number of hydrogen-bond donors (Lipinski definition) is 3. The molecule has 0 atom stereocenters. The quantitative estimate of drug-likeness (QED) is 0.468. The van der Waals surface area contributed by atoms with Crippen LogP contribution in [0, 0.1) is 0 Å². The van der Waals surface area contributed by atoms with Crippen molar-refractivity contribution in [2.75, 3.05) is 25.0 Å². The first-order valence-electron chi connectivity index (χ1n) is 11.0. The van der Waals surface area contributed by atoms with Crippen molar-refractivity contribution in [2.45, 2.75) is 38.0 Å². The Bertz CT molecular complexity index is 1200. The van der Waals surface area contributed by atoms with E-state index in [1.54, 1.807) is 18.5 Å². The van der Waals surface area contributed by atoms with Gasteiger partial charge in [0.05, 0.1) is 17.5 Å². The number of phenols is 1. The number of aromatic hydroxyl groups is 1. The highest BCUT2D eigenvalue weighted by molar-refractivity contribution is 5.97. The molecule has 2 fully saturated rings. The normalized spacial score (nSPS) is 16.1. The maximum absolute atomic E-state index is 11.7. The van der Waals surface area contributed by atoms with Gasteiger partial charge in [0.15, 0.2) is 11.5 Å². The molecule has 32 heavy (non-hydrogen) atoms. The highest BCUT2D eigenvalue weighted by Gasteiger charge is 2.32. The minimum atomic E-state index is -0.639. The van der Waals surface area contributed by atoms with Gasteiger partial charge < -0.3 is 21.1 Å². The molecule has 1 aliphatic carbocycles. The predicted molar refractivity (Wildman–Crippen MR) is 120 cm³/mol. The number of carbonyl (C=O) groups is 2. The van der Waals surface area contributed by atoms with Crippen LogP contribution >= 0.6 is 0 Å². The van der Waals surface area contributed by atoms with Crippen LogP contribution < -0.4 is 11.1 Å². The van der Waals surface area contributed by atoms with Crippen LogP contribution in [0.4, 0.5) is 5.82 Å². The number of primary amides is 1. The second-order valence-corrected chi connectivity index (χ2v) is 8.44. The van der Waals surface area contributed by atoms with E-state index in [1.807, 2.05) is 21.6 Å². The maximum atomic E-state index is 11.7. The van der Waals surface area contributed by atoms with Gasteiger partial charge in [-0.2, -0.15) is 0 Å². The zero-order chi connectivity index (χ0) is 22.2. The summed E-state index contributed by atoms with van der Waals surface area (Å²) in [7, 11) is 0. The molecule has 1 aliphatic heterocycles. The number of aromatic nitrogens is 3. The van der Waals surface area contributed by atoms with Crippen molar-refractivity contribution < 1.29 is 14.7 Å².